The van der Waals surface area contributed by atoms with Crippen molar-refractivity contribution in [3.8, 4) is 0 Å². The maximum Gasteiger partial charge on any atom is 0.138 e. The Kier molecular flexibility index (Phi) is 2.04. The lowest BCUT2D eigenvalue weighted by atomic mass is 10.2. The monoisotopic (exact) mass is 193 g/mol. The first-order valence-corrected chi connectivity index (χ1v) is 5.35. The van der Waals surface area contributed by atoms with Crippen molar-refractivity contribution in [2.75, 3.05) is 6.26 Å². The van der Waals surface area contributed by atoms with Gasteiger partial charge in [0.1, 0.15) is 16.4 Å². The minimum atomic E-state index is 0.939. The zero-order valence-corrected chi connectivity index (χ0v) is 8.73. The molecule has 2 nitrogen and oxygen atoms in total. The van der Waals surface area contributed by atoms with Gasteiger partial charge in [-0.05, 0) is 26.2 Å². The predicted octanol–water partition coefficient (Wildman–Crippen LogP) is 3.17. The van der Waals surface area contributed by atoms with Crippen LogP contribution in [0.3, 0.4) is 0 Å². The van der Waals surface area contributed by atoms with Gasteiger partial charge in [-0.15, -0.1) is 11.8 Å². The molecule has 2 aromatic rings. The molecule has 68 valence electrons. The van der Waals surface area contributed by atoms with Crippen LogP contribution in [-0.2, 0) is 0 Å². The molecule has 2 rings (SSSR count). The summed E-state index contributed by atoms with van der Waals surface area (Å²) in [5, 5.41) is 2.21. The zero-order valence-electron chi connectivity index (χ0n) is 7.92. The van der Waals surface area contributed by atoms with E-state index in [0.29, 0.717) is 0 Å². The molecule has 0 saturated heterocycles. The molecule has 2 heterocycles. The van der Waals surface area contributed by atoms with Gasteiger partial charge < -0.3 is 4.42 Å². The van der Waals surface area contributed by atoms with E-state index in [1.807, 2.05) is 19.2 Å². The van der Waals surface area contributed by atoms with Crippen molar-refractivity contribution in [2.24, 2.45) is 0 Å². The number of aromatic nitrogens is 1. The van der Waals surface area contributed by atoms with E-state index in [0.717, 1.165) is 21.8 Å². The second-order valence-corrected chi connectivity index (χ2v) is 3.77. The molecule has 0 unspecified atom stereocenters. The predicted molar refractivity (Wildman–Crippen MR) is 55.3 cm³/mol. The largest absolute Gasteiger partial charge is 0.461 e. The Labute approximate surface area is 81.3 Å². The van der Waals surface area contributed by atoms with Gasteiger partial charge in [-0.25, -0.2) is 4.98 Å². The Hall–Kier alpha value is -0.960. The number of aryl methyl sites for hydroxylation is 2. The van der Waals surface area contributed by atoms with Gasteiger partial charge in [0, 0.05) is 11.8 Å². The van der Waals surface area contributed by atoms with E-state index in [2.05, 4.69) is 11.9 Å². The lowest BCUT2D eigenvalue weighted by molar-refractivity contribution is 0.574. The van der Waals surface area contributed by atoms with Crippen molar-refractivity contribution in [1.82, 2.24) is 4.98 Å². The molecule has 0 aliphatic carbocycles. The zero-order chi connectivity index (χ0) is 9.42. The summed E-state index contributed by atoms with van der Waals surface area (Å²) in [6.07, 6.45) is 3.82. The smallest absolute Gasteiger partial charge is 0.138 e. The minimum Gasteiger partial charge on any atom is -0.461 e. The fourth-order valence-electron chi connectivity index (χ4n) is 1.43. The summed E-state index contributed by atoms with van der Waals surface area (Å²) in [6, 6.07) is 1.91. The van der Waals surface area contributed by atoms with Crippen molar-refractivity contribution in [3.05, 3.63) is 23.6 Å². The fourth-order valence-corrected chi connectivity index (χ4v) is 2.05. The molecular weight excluding hydrogens is 182 g/mol. The fraction of sp³-hybridized carbons (Fsp3) is 0.300. The third-order valence-corrected chi connectivity index (χ3v) is 2.93. The molecule has 0 aliphatic rings. The van der Waals surface area contributed by atoms with Crippen LogP contribution in [-0.4, -0.2) is 11.2 Å². The first kappa shape index (κ1) is 8.63. The lowest BCUT2D eigenvalue weighted by Crippen LogP contribution is -1.80. The number of hydrogen-bond donors (Lipinski definition) is 0. The first-order chi connectivity index (χ1) is 6.24. The lowest BCUT2D eigenvalue weighted by Gasteiger charge is -1.96. The topological polar surface area (TPSA) is 26.0 Å². The highest BCUT2D eigenvalue weighted by Crippen LogP contribution is 2.30. The summed E-state index contributed by atoms with van der Waals surface area (Å²) in [4.78, 5) is 4.30. The van der Waals surface area contributed by atoms with Crippen molar-refractivity contribution < 1.29 is 4.42 Å². The van der Waals surface area contributed by atoms with Crippen LogP contribution in [0.25, 0.3) is 11.0 Å². The number of pyridine rings is 1. The van der Waals surface area contributed by atoms with Gasteiger partial charge in [0.15, 0.2) is 0 Å². The van der Waals surface area contributed by atoms with Gasteiger partial charge >= 0.3 is 0 Å². The van der Waals surface area contributed by atoms with Gasteiger partial charge in [0.2, 0.25) is 0 Å². The molecule has 0 aliphatic heterocycles. The molecule has 0 radical (unpaired) electrons. The number of furan rings is 1. The molecule has 2 aromatic heterocycles. The summed E-state index contributed by atoms with van der Waals surface area (Å²) in [5.74, 6) is 0.985. The average Bonchev–Trinajstić information content (AvgIpc) is 2.43. The van der Waals surface area contributed by atoms with E-state index in [9.17, 15) is 0 Å². The Morgan fingerprint density at radius 1 is 1.38 bits per heavy atom. The van der Waals surface area contributed by atoms with Gasteiger partial charge in [0.25, 0.3) is 0 Å². The normalized spacial score (nSPS) is 11.0. The molecule has 0 fully saturated rings. The molecule has 0 N–H and O–H groups in total. The molecule has 0 amide bonds. The molecular formula is C10H11NOS. The van der Waals surface area contributed by atoms with Crippen LogP contribution >= 0.6 is 11.8 Å². The van der Waals surface area contributed by atoms with Gasteiger partial charge in [-0.1, -0.05) is 0 Å². The summed E-state index contributed by atoms with van der Waals surface area (Å²) in [7, 11) is 0. The van der Waals surface area contributed by atoms with Crippen LogP contribution in [0.1, 0.15) is 11.3 Å². The van der Waals surface area contributed by atoms with Gasteiger partial charge in [-0.3, -0.25) is 0 Å². The molecule has 0 bridgehead atoms. The molecule has 0 saturated carbocycles. The summed E-state index contributed by atoms with van der Waals surface area (Å²) in [5.41, 5.74) is 2.14. The number of thioether (sulfide) groups is 1. The van der Waals surface area contributed by atoms with E-state index < -0.39 is 0 Å². The van der Waals surface area contributed by atoms with Crippen LogP contribution in [0.15, 0.2) is 21.7 Å². The highest BCUT2D eigenvalue weighted by Gasteiger charge is 2.10. The highest BCUT2D eigenvalue weighted by atomic mass is 32.2. The van der Waals surface area contributed by atoms with E-state index in [-0.39, 0.29) is 0 Å². The van der Waals surface area contributed by atoms with E-state index in [1.54, 1.807) is 18.0 Å². The number of hydrogen-bond acceptors (Lipinski definition) is 3. The van der Waals surface area contributed by atoms with Crippen molar-refractivity contribution in [2.45, 2.75) is 18.9 Å². The minimum absolute atomic E-state index is 0.939. The maximum atomic E-state index is 5.59. The first-order valence-electron chi connectivity index (χ1n) is 4.12. The van der Waals surface area contributed by atoms with Crippen LogP contribution < -0.4 is 0 Å². The Morgan fingerprint density at radius 3 is 2.85 bits per heavy atom. The molecule has 0 aromatic carbocycles. The molecule has 13 heavy (non-hydrogen) atoms. The Bertz CT molecular complexity index is 447. The van der Waals surface area contributed by atoms with Gasteiger partial charge in [0.05, 0.1) is 5.39 Å². The van der Waals surface area contributed by atoms with E-state index in [1.165, 1.54) is 5.56 Å². The number of nitrogens with zero attached hydrogens (tertiary/aromatic N) is 1. The van der Waals surface area contributed by atoms with E-state index in [4.69, 9.17) is 4.42 Å². The van der Waals surface area contributed by atoms with Gasteiger partial charge in [-0.2, -0.15) is 0 Å². The average molecular weight is 193 g/mol. The molecule has 3 heteroatoms. The van der Waals surface area contributed by atoms with E-state index >= 15 is 0 Å². The van der Waals surface area contributed by atoms with Crippen molar-refractivity contribution in [3.63, 3.8) is 0 Å². The van der Waals surface area contributed by atoms with Crippen LogP contribution in [0.4, 0.5) is 0 Å². The quantitative estimate of drug-likeness (QED) is 0.651. The third kappa shape index (κ3) is 1.23. The SMILES string of the molecule is CSc1nccc2oc(C)c(C)c12. The second-order valence-electron chi connectivity index (χ2n) is 2.98. The summed E-state index contributed by atoms with van der Waals surface area (Å²) >= 11 is 1.65. The van der Waals surface area contributed by atoms with Crippen LogP contribution in [0, 0.1) is 13.8 Å². The van der Waals surface area contributed by atoms with Crippen molar-refractivity contribution >= 4 is 22.7 Å². The standard InChI is InChI=1S/C10H11NOS/c1-6-7(2)12-8-4-5-11-10(13-3)9(6)8/h4-5H,1-3H3. The van der Waals surface area contributed by atoms with Crippen LogP contribution in [0.2, 0.25) is 0 Å². The molecule has 0 atom stereocenters. The Balaban J connectivity index is 2.87. The Morgan fingerprint density at radius 2 is 2.15 bits per heavy atom. The number of fused-ring (bicyclic) bond motifs is 1. The summed E-state index contributed by atoms with van der Waals surface area (Å²) in [6.45, 7) is 4.06. The number of rotatable bonds is 1. The highest BCUT2D eigenvalue weighted by molar-refractivity contribution is 7.98. The summed E-state index contributed by atoms with van der Waals surface area (Å²) < 4.78 is 5.59. The second kappa shape index (κ2) is 3.07. The van der Waals surface area contributed by atoms with Crippen LogP contribution in [0.5, 0.6) is 0 Å². The third-order valence-electron chi connectivity index (χ3n) is 2.24. The van der Waals surface area contributed by atoms with Crippen molar-refractivity contribution in [1.29, 1.82) is 0 Å². The molecule has 0 spiro atoms. The maximum absolute atomic E-state index is 5.59.